The molecule has 1 saturated heterocycles. The van der Waals surface area contributed by atoms with E-state index >= 15 is 0 Å². The lowest BCUT2D eigenvalue weighted by atomic mass is 9.95. The molecule has 2 unspecified atom stereocenters. The van der Waals surface area contributed by atoms with Crippen molar-refractivity contribution in [3.63, 3.8) is 0 Å². The second kappa shape index (κ2) is 3.37. The Balaban J connectivity index is 2.50. The molecule has 0 saturated carbocycles. The van der Waals surface area contributed by atoms with Gasteiger partial charge in [-0.1, -0.05) is 20.8 Å². The van der Waals surface area contributed by atoms with Crippen LogP contribution in [0.4, 0.5) is 0 Å². The number of likely N-dealkylation sites (tertiary alicyclic amines) is 1. The normalized spacial score (nSPS) is 32.8. The van der Waals surface area contributed by atoms with E-state index in [0.717, 1.165) is 12.1 Å². The van der Waals surface area contributed by atoms with E-state index < -0.39 is 0 Å². The van der Waals surface area contributed by atoms with Gasteiger partial charge in [-0.15, -0.1) is 0 Å². The van der Waals surface area contributed by atoms with Gasteiger partial charge in [-0.3, -0.25) is 4.90 Å². The summed E-state index contributed by atoms with van der Waals surface area (Å²) in [5, 5.41) is 0. The summed E-state index contributed by atoms with van der Waals surface area (Å²) in [5.41, 5.74) is 0.451. The second-order valence-corrected chi connectivity index (χ2v) is 5.51. The van der Waals surface area contributed by atoms with E-state index in [9.17, 15) is 0 Å². The number of hydrogen-bond acceptors (Lipinski definition) is 1. The summed E-state index contributed by atoms with van der Waals surface area (Å²) in [6, 6.07) is 1.61. The first-order valence-electron chi connectivity index (χ1n) is 5.16. The van der Waals surface area contributed by atoms with Crippen LogP contribution in [0.15, 0.2) is 0 Å². The minimum Gasteiger partial charge on any atom is -0.297 e. The predicted octanol–water partition coefficient (Wildman–Crippen LogP) is 2.91. The number of rotatable bonds is 1. The van der Waals surface area contributed by atoms with Crippen molar-refractivity contribution in [1.29, 1.82) is 0 Å². The molecule has 0 aromatic carbocycles. The van der Waals surface area contributed by atoms with Crippen molar-refractivity contribution < 1.29 is 0 Å². The molecule has 12 heavy (non-hydrogen) atoms. The van der Waals surface area contributed by atoms with Gasteiger partial charge < -0.3 is 0 Å². The first-order valence-corrected chi connectivity index (χ1v) is 5.16. The summed E-state index contributed by atoms with van der Waals surface area (Å²) < 4.78 is 0. The fourth-order valence-electron chi connectivity index (χ4n) is 2.11. The van der Waals surface area contributed by atoms with Crippen LogP contribution in [0.25, 0.3) is 0 Å². The van der Waals surface area contributed by atoms with Gasteiger partial charge in [0.2, 0.25) is 0 Å². The van der Waals surface area contributed by atoms with Crippen LogP contribution in [0.1, 0.15) is 47.5 Å². The molecular formula is C11H23N. The first kappa shape index (κ1) is 10.0. The van der Waals surface area contributed by atoms with Crippen molar-refractivity contribution >= 4 is 0 Å². The molecule has 0 N–H and O–H groups in total. The molecule has 1 nitrogen and oxygen atoms in total. The highest BCUT2D eigenvalue weighted by molar-refractivity contribution is 4.84. The number of nitrogens with zero attached hydrogens (tertiary/aromatic N) is 1. The highest BCUT2D eigenvalue weighted by Gasteiger charge is 2.29. The quantitative estimate of drug-likeness (QED) is 0.583. The molecule has 72 valence electrons. The average Bonchev–Trinajstić information content (AvgIpc) is 2.16. The molecule has 0 amide bonds. The van der Waals surface area contributed by atoms with Crippen molar-refractivity contribution in [3.8, 4) is 0 Å². The Morgan fingerprint density at radius 3 is 1.83 bits per heavy atom. The molecule has 1 heterocycles. The van der Waals surface area contributed by atoms with Crippen LogP contribution in [0.2, 0.25) is 0 Å². The molecule has 1 aliphatic rings. The largest absolute Gasteiger partial charge is 0.297 e. The molecule has 0 aromatic heterocycles. The van der Waals surface area contributed by atoms with Crippen LogP contribution in [-0.4, -0.2) is 23.5 Å². The maximum atomic E-state index is 2.65. The molecule has 1 rings (SSSR count). The Morgan fingerprint density at radius 2 is 1.50 bits per heavy atom. The van der Waals surface area contributed by atoms with Crippen LogP contribution in [0.5, 0.6) is 0 Å². The molecule has 2 atom stereocenters. The van der Waals surface area contributed by atoms with Crippen LogP contribution in [0, 0.1) is 5.41 Å². The van der Waals surface area contributed by atoms with E-state index in [0.29, 0.717) is 5.41 Å². The summed E-state index contributed by atoms with van der Waals surface area (Å²) in [6.07, 6.45) is 2.77. The van der Waals surface area contributed by atoms with E-state index in [4.69, 9.17) is 0 Å². The lowest BCUT2D eigenvalue weighted by Gasteiger charge is -2.32. The van der Waals surface area contributed by atoms with Gasteiger partial charge >= 0.3 is 0 Å². The molecule has 0 aromatic rings. The molecule has 0 spiro atoms. The fraction of sp³-hybridized carbons (Fsp3) is 1.00. The summed E-state index contributed by atoms with van der Waals surface area (Å²) >= 11 is 0. The van der Waals surface area contributed by atoms with Gasteiger partial charge in [0.25, 0.3) is 0 Å². The monoisotopic (exact) mass is 169 g/mol. The molecule has 0 aliphatic carbocycles. The third kappa shape index (κ3) is 2.48. The molecule has 0 bridgehead atoms. The van der Waals surface area contributed by atoms with Gasteiger partial charge in [0.05, 0.1) is 0 Å². The third-order valence-electron chi connectivity index (χ3n) is 2.79. The minimum atomic E-state index is 0.451. The lowest BCUT2D eigenvalue weighted by Crippen LogP contribution is -2.39. The van der Waals surface area contributed by atoms with Crippen molar-refractivity contribution in [3.05, 3.63) is 0 Å². The zero-order valence-corrected chi connectivity index (χ0v) is 9.22. The summed E-state index contributed by atoms with van der Waals surface area (Å²) in [5.74, 6) is 0. The van der Waals surface area contributed by atoms with Gasteiger partial charge in [0.1, 0.15) is 0 Å². The summed E-state index contributed by atoms with van der Waals surface area (Å²) in [6.45, 7) is 12.9. The molecule has 1 aliphatic heterocycles. The molecule has 1 fully saturated rings. The number of hydrogen-bond donors (Lipinski definition) is 0. The maximum Gasteiger partial charge on any atom is 0.00705 e. The smallest absolute Gasteiger partial charge is 0.00705 e. The van der Waals surface area contributed by atoms with Crippen molar-refractivity contribution in [2.45, 2.75) is 59.5 Å². The second-order valence-electron chi connectivity index (χ2n) is 5.51. The molecule has 0 radical (unpaired) electrons. The van der Waals surface area contributed by atoms with E-state index in [-0.39, 0.29) is 0 Å². The van der Waals surface area contributed by atoms with Gasteiger partial charge in [-0.25, -0.2) is 0 Å². The summed E-state index contributed by atoms with van der Waals surface area (Å²) in [4.78, 5) is 2.65. The van der Waals surface area contributed by atoms with Crippen LogP contribution < -0.4 is 0 Å². The van der Waals surface area contributed by atoms with E-state index in [1.807, 2.05) is 0 Å². The van der Waals surface area contributed by atoms with Gasteiger partial charge in [0.15, 0.2) is 0 Å². The van der Waals surface area contributed by atoms with Crippen molar-refractivity contribution in [2.24, 2.45) is 5.41 Å². The topological polar surface area (TPSA) is 3.24 Å². The van der Waals surface area contributed by atoms with Crippen LogP contribution in [0.3, 0.4) is 0 Å². The van der Waals surface area contributed by atoms with Crippen LogP contribution >= 0.6 is 0 Å². The highest BCUT2D eigenvalue weighted by Crippen LogP contribution is 2.27. The van der Waals surface area contributed by atoms with Gasteiger partial charge in [0, 0.05) is 18.6 Å². The van der Waals surface area contributed by atoms with Gasteiger partial charge in [-0.2, -0.15) is 0 Å². The predicted molar refractivity (Wildman–Crippen MR) is 54.3 cm³/mol. The Bertz CT molecular complexity index is 136. The Kier molecular flexibility index (Phi) is 2.82. The average molecular weight is 169 g/mol. The molecule has 1 heteroatoms. The Hall–Kier alpha value is -0.0400. The maximum absolute atomic E-state index is 2.65. The third-order valence-corrected chi connectivity index (χ3v) is 2.79. The van der Waals surface area contributed by atoms with Crippen molar-refractivity contribution in [1.82, 2.24) is 4.90 Å². The standard InChI is InChI=1S/C11H23N/c1-9-6-7-10(2)12(9)8-11(3,4)5/h9-10H,6-8H2,1-5H3. The molecular weight excluding hydrogens is 146 g/mol. The van der Waals surface area contributed by atoms with Gasteiger partial charge in [-0.05, 0) is 32.1 Å². The Morgan fingerprint density at radius 1 is 1.08 bits per heavy atom. The van der Waals surface area contributed by atoms with E-state index in [1.54, 1.807) is 0 Å². The SMILES string of the molecule is CC1CCC(C)N1CC(C)(C)C. The highest BCUT2D eigenvalue weighted by atomic mass is 15.2. The Labute approximate surface area is 77.1 Å². The van der Waals surface area contributed by atoms with E-state index in [2.05, 4.69) is 39.5 Å². The minimum absolute atomic E-state index is 0.451. The van der Waals surface area contributed by atoms with Crippen LogP contribution in [-0.2, 0) is 0 Å². The zero-order valence-electron chi connectivity index (χ0n) is 9.22. The van der Waals surface area contributed by atoms with Crippen molar-refractivity contribution in [2.75, 3.05) is 6.54 Å². The first-order chi connectivity index (χ1) is 5.40. The zero-order chi connectivity index (χ0) is 9.35. The summed E-state index contributed by atoms with van der Waals surface area (Å²) in [7, 11) is 0. The van der Waals surface area contributed by atoms with E-state index in [1.165, 1.54) is 19.4 Å². The fourth-order valence-corrected chi connectivity index (χ4v) is 2.11. The lowest BCUT2D eigenvalue weighted by molar-refractivity contribution is 0.148.